The molecule has 14 rings (SSSR count). The minimum absolute atomic E-state index is 0.805. The van der Waals surface area contributed by atoms with Crippen LogP contribution in [-0.4, -0.2) is 19.1 Å². The van der Waals surface area contributed by atoms with Gasteiger partial charge in [-0.05, 0) is 97.7 Å². The zero-order chi connectivity index (χ0) is 40.5. The van der Waals surface area contributed by atoms with Crippen molar-refractivity contribution in [1.82, 2.24) is 19.1 Å². The Hall–Kier alpha value is -8.34. The summed E-state index contributed by atoms with van der Waals surface area (Å²) in [6, 6.07) is 74.8. The van der Waals surface area contributed by atoms with Gasteiger partial charge in [-0.25, -0.2) is 9.97 Å². The molecule has 4 heteroatoms. The molecule has 0 spiro atoms. The molecule has 0 fully saturated rings. The largest absolute Gasteiger partial charge is 0.309 e. The van der Waals surface area contributed by atoms with E-state index in [1.165, 1.54) is 70.2 Å². The molecule has 0 N–H and O–H groups in total. The van der Waals surface area contributed by atoms with Crippen molar-refractivity contribution in [3.63, 3.8) is 0 Å². The normalized spacial score (nSPS) is 12.2. The van der Waals surface area contributed by atoms with Gasteiger partial charge in [-0.15, -0.1) is 0 Å². The maximum atomic E-state index is 5.79. The third kappa shape index (κ3) is 4.61. The topological polar surface area (TPSA) is 35.6 Å². The summed E-state index contributed by atoms with van der Waals surface area (Å²) in [5.74, 6) is 0.805. The minimum Gasteiger partial charge on any atom is -0.309 e. The maximum Gasteiger partial charge on any atom is 0.165 e. The molecule has 11 aromatic carbocycles. The van der Waals surface area contributed by atoms with Crippen molar-refractivity contribution in [3.8, 4) is 22.8 Å². The number of fused-ring (bicyclic) bond motifs is 17. The second-order valence-electron chi connectivity index (χ2n) is 16.5. The molecule has 0 saturated heterocycles. The summed E-state index contributed by atoms with van der Waals surface area (Å²) in [6.07, 6.45) is 0. The number of hydrogen-bond donors (Lipinski definition) is 0. The van der Waals surface area contributed by atoms with Crippen molar-refractivity contribution in [1.29, 1.82) is 0 Å². The van der Waals surface area contributed by atoms with E-state index in [1.807, 2.05) is 0 Å². The molecule has 0 aliphatic carbocycles. The lowest BCUT2D eigenvalue weighted by atomic mass is 9.91. The maximum absolute atomic E-state index is 5.79. The van der Waals surface area contributed by atoms with Crippen LogP contribution in [0.2, 0.25) is 0 Å². The molecule has 0 amide bonds. The van der Waals surface area contributed by atoms with Crippen LogP contribution in [0.1, 0.15) is 0 Å². The lowest BCUT2D eigenvalue weighted by molar-refractivity contribution is 1.08. The summed E-state index contributed by atoms with van der Waals surface area (Å²) in [5.41, 5.74) is 9.25. The molecule has 0 aliphatic heterocycles. The molecule has 0 aliphatic rings. The molecular formula is C58H34N4. The Morgan fingerprint density at radius 1 is 0.306 bits per heavy atom. The van der Waals surface area contributed by atoms with Crippen LogP contribution in [0.5, 0.6) is 0 Å². The molecule has 3 heterocycles. The van der Waals surface area contributed by atoms with Crippen LogP contribution in [0.4, 0.5) is 0 Å². The summed E-state index contributed by atoms with van der Waals surface area (Å²) >= 11 is 0. The van der Waals surface area contributed by atoms with Gasteiger partial charge in [0.25, 0.3) is 0 Å². The predicted molar refractivity (Wildman–Crippen MR) is 261 cm³/mol. The first-order valence-corrected chi connectivity index (χ1v) is 21.2. The Labute approximate surface area is 355 Å². The Balaban J connectivity index is 1.16. The van der Waals surface area contributed by atoms with Crippen molar-refractivity contribution in [2.45, 2.75) is 0 Å². The highest BCUT2D eigenvalue weighted by atomic mass is 15.1. The first-order chi connectivity index (χ1) is 30.8. The average molecular weight is 787 g/mol. The van der Waals surface area contributed by atoms with E-state index >= 15 is 0 Å². The van der Waals surface area contributed by atoms with Gasteiger partial charge in [-0.3, -0.25) is 4.57 Å². The lowest BCUT2D eigenvalue weighted by Crippen LogP contribution is -2.04. The summed E-state index contributed by atoms with van der Waals surface area (Å²) in [5, 5.41) is 16.9. The van der Waals surface area contributed by atoms with E-state index in [0.717, 1.165) is 61.1 Å². The van der Waals surface area contributed by atoms with Crippen LogP contribution in [0.3, 0.4) is 0 Å². The van der Waals surface area contributed by atoms with E-state index < -0.39 is 0 Å². The van der Waals surface area contributed by atoms with Crippen LogP contribution in [-0.2, 0) is 0 Å². The molecule has 0 atom stereocenters. The molecule has 0 saturated carbocycles. The summed E-state index contributed by atoms with van der Waals surface area (Å²) in [7, 11) is 0. The minimum atomic E-state index is 0.805. The van der Waals surface area contributed by atoms with Crippen molar-refractivity contribution in [2.24, 2.45) is 0 Å². The van der Waals surface area contributed by atoms with Gasteiger partial charge in [-0.2, -0.15) is 0 Å². The van der Waals surface area contributed by atoms with Gasteiger partial charge in [0, 0.05) is 43.6 Å². The van der Waals surface area contributed by atoms with Gasteiger partial charge in [0.1, 0.15) is 5.69 Å². The van der Waals surface area contributed by atoms with Gasteiger partial charge in [0.05, 0.1) is 33.1 Å². The quantitative estimate of drug-likeness (QED) is 0.167. The number of aromatic nitrogens is 4. The number of hydrogen-bond acceptors (Lipinski definition) is 2. The highest BCUT2D eigenvalue weighted by Crippen LogP contribution is 2.46. The predicted octanol–water partition coefficient (Wildman–Crippen LogP) is 15.3. The molecule has 0 radical (unpaired) electrons. The van der Waals surface area contributed by atoms with E-state index in [2.05, 4.69) is 215 Å². The van der Waals surface area contributed by atoms with Gasteiger partial charge >= 0.3 is 0 Å². The zero-order valence-electron chi connectivity index (χ0n) is 33.4. The lowest BCUT2D eigenvalue weighted by Gasteiger charge is -2.16. The molecule has 14 aromatic rings. The Morgan fingerprint density at radius 3 is 1.69 bits per heavy atom. The molecule has 286 valence electrons. The van der Waals surface area contributed by atoms with Crippen molar-refractivity contribution in [2.75, 3.05) is 0 Å². The first kappa shape index (κ1) is 33.5. The van der Waals surface area contributed by atoms with Crippen LogP contribution in [0, 0.1) is 0 Å². The molecular weight excluding hydrogens is 753 g/mol. The first-order valence-electron chi connectivity index (χ1n) is 21.2. The molecule has 62 heavy (non-hydrogen) atoms. The molecule has 0 unspecified atom stereocenters. The highest BCUT2D eigenvalue weighted by molar-refractivity contribution is 6.36. The van der Waals surface area contributed by atoms with E-state index in [4.69, 9.17) is 9.97 Å². The number of nitrogens with zero attached hydrogens (tertiary/aromatic N) is 4. The number of para-hydroxylation sites is 2. The SMILES string of the molecule is c1ccc(-n2c3ccccc3c3cc(-c4nc5ccc6ccccc6c5nc4-n4c5cc6ccccc6cc5c5c6c7ccccc7c7ccccc7c6ccc54)ccc32)cc1. The average Bonchev–Trinajstić information content (AvgIpc) is 3.85. The van der Waals surface area contributed by atoms with Gasteiger partial charge in [0.15, 0.2) is 5.82 Å². The highest BCUT2D eigenvalue weighted by Gasteiger charge is 2.24. The van der Waals surface area contributed by atoms with Crippen molar-refractivity contribution in [3.05, 3.63) is 206 Å². The van der Waals surface area contributed by atoms with Gasteiger partial charge < -0.3 is 4.57 Å². The smallest absolute Gasteiger partial charge is 0.165 e. The Kier molecular flexibility index (Phi) is 6.80. The second-order valence-corrected chi connectivity index (χ2v) is 16.5. The summed E-state index contributed by atoms with van der Waals surface area (Å²) in [6.45, 7) is 0. The van der Waals surface area contributed by atoms with Crippen LogP contribution in [0.25, 0.3) is 131 Å². The summed E-state index contributed by atoms with van der Waals surface area (Å²) < 4.78 is 4.77. The van der Waals surface area contributed by atoms with Crippen molar-refractivity contribution < 1.29 is 0 Å². The standard InChI is InChI=1S/C58H34N4/c1-2-17-39(18-3-1)61-50-25-13-12-23-44(50)47-33-38(27-30-51(47)61)56-58(60-57-40-19-7-6-14-35(40)26-29-49(57)59-56)62-52-31-28-46-43-22-9-8-20-41(43)42-21-10-11-24-45(42)54(46)55(52)48-32-36-15-4-5-16-37(36)34-53(48)62/h1-34H. The van der Waals surface area contributed by atoms with Crippen LogP contribution < -0.4 is 0 Å². The van der Waals surface area contributed by atoms with Crippen LogP contribution >= 0.6 is 0 Å². The fourth-order valence-electron chi connectivity index (χ4n) is 10.5. The monoisotopic (exact) mass is 786 g/mol. The number of rotatable bonds is 3. The summed E-state index contributed by atoms with van der Waals surface area (Å²) in [4.78, 5) is 11.4. The van der Waals surface area contributed by atoms with Gasteiger partial charge in [-0.1, -0.05) is 152 Å². The molecule has 0 bridgehead atoms. The number of benzene rings is 11. The Morgan fingerprint density at radius 2 is 0.903 bits per heavy atom. The van der Waals surface area contributed by atoms with Crippen LogP contribution in [0.15, 0.2) is 206 Å². The fourth-order valence-corrected chi connectivity index (χ4v) is 10.5. The molecule has 3 aromatic heterocycles. The fraction of sp³-hybridized carbons (Fsp3) is 0. The zero-order valence-corrected chi connectivity index (χ0v) is 33.4. The third-order valence-corrected chi connectivity index (χ3v) is 13.2. The van der Waals surface area contributed by atoms with E-state index in [0.29, 0.717) is 0 Å². The van der Waals surface area contributed by atoms with Gasteiger partial charge in [0.2, 0.25) is 0 Å². The second kappa shape index (κ2) is 12.6. The molecule has 4 nitrogen and oxygen atoms in total. The third-order valence-electron chi connectivity index (χ3n) is 13.2. The Bertz CT molecular complexity index is 4180. The van der Waals surface area contributed by atoms with E-state index in [-0.39, 0.29) is 0 Å². The van der Waals surface area contributed by atoms with E-state index in [1.54, 1.807) is 0 Å². The van der Waals surface area contributed by atoms with Crippen molar-refractivity contribution >= 4 is 109 Å². The van der Waals surface area contributed by atoms with E-state index in [9.17, 15) is 0 Å².